The number of fused-ring (bicyclic) bond motifs is 3. The van der Waals surface area contributed by atoms with Crippen molar-refractivity contribution in [3.8, 4) is 6.07 Å². The van der Waals surface area contributed by atoms with Crippen molar-refractivity contribution in [2.45, 2.75) is 51.7 Å². The van der Waals surface area contributed by atoms with E-state index in [1.54, 1.807) is 11.9 Å². The average Bonchev–Trinajstić information content (AvgIpc) is 2.89. The maximum Gasteiger partial charge on any atom is 0.410 e. The normalized spacial score (nSPS) is 17.2. The number of aryl methyl sites for hydroxylation is 1. The van der Waals surface area contributed by atoms with Crippen molar-refractivity contribution in [1.82, 2.24) is 9.88 Å². The number of aromatic nitrogens is 1. The molecule has 0 fully saturated rings. The second-order valence-corrected chi connectivity index (χ2v) is 7.44. The molecule has 1 aromatic carbocycles. The number of benzene rings is 1. The van der Waals surface area contributed by atoms with Crippen molar-refractivity contribution < 1.29 is 9.53 Å². The van der Waals surface area contributed by atoms with Gasteiger partial charge in [0, 0.05) is 29.7 Å². The summed E-state index contributed by atoms with van der Waals surface area (Å²) in [4.78, 5) is 17.5. The maximum atomic E-state index is 12.3. The lowest BCUT2D eigenvalue weighted by Crippen LogP contribution is -2.43. The summed E-state index contributed by atoms with van der Waals surface area (Å²) >= 11 is 0. The summed E-state index contributed by atoms with van der Waals surface area (Å²) < 4.78 is 5.48. The zero-order valence-corrected chi connectivity index (χ0v) is 14.6. The zero-order chi connectivity index (χ0) is 17.5. The van der Waals surface area contributed by atoms with Crippen LogP contribution in [0.15, 0.2) is 18.2 Å². The molecule has 0 bridgehead atoms. The first kappa shape index (κ1) is 16.4. The zero-order valence-electron chi connectivity index (χ0n) is 14.6. The lowest BCUT2D eigenvalue weighted by Gasteiger charge is -2.33. The lowest BCUT2D eigenvalue weighted by molar-refractivity contribution is 0.0210. The predicted octanol–water partition coefficient (Wildman–Crippen LogP) is 3.76. The Morgan fingerprint density at radius 3 is 2.83 bits per heavy atom. The van der Waals surface area contributed by atoms with Gasteiger partial charge in [0.05, 0.1) is 11.6 Å². The minimum Gasteiger partial charge on any atom is -0.444 e. The molecule has 0 spiro atoms. The Hall–Kier alpha value is -2.48. The molecule has 24 heavy (non-hydrogen) atoms. The fourth-order valence-electron chi connectivity index (χ4n) is 3.28. The van der Waals surface area contributed by atoms with Crippen LogP contribution < -0.4 is 0 Å². The standard InChI is InChI=1S/C19H23N3O2/c1-19(2,3)24-18(23)22(4)13-6-8-17-15(10-13)14-9-12(11-20)5-7-16(14)21-17/h5,7,9,13,21H,6,8,10H2,1-4H3. The topological polar surface area (TPSA) is 69.1 Å². The number of H-pyrrole nitrogens is 1. The summed E-state index contributed by atoms with van der Waals surface area (Å²) in [5.41, 5.74) is 3.65. The smallest absolute Gasteiger partial charge is 0.410 e. The van der Waals surface area contributed by atoms with Crippen molar-refractivity contribution in [2.75, 3.05) is 7.05 Å². The predicted molar refractivity (Wildman–Crippen MR) is 92.8 cm³/mol. The van der Waals surface area contributed by atoms with Crippen LogP contribution in [0.1, 0.15) is 44.0 Å². The molecule has 1 N–H and O–H groups in total. The number of aromatic amines is 1. The van der Waals surface area contributed by atoms with E-state index in [0.717, 1.165) is 30.2 Å². The van der Waals surface area contributed by atoms with Crippen LogP contribution in [-0.4, -0.2) is 34.7 Å². The Morgan fingerprint density at radius 1 is 1.42 bits per heavy atom. The van der Waals surface area contributed by atoms with Crippen LogP contribution in [0, 0.1) is 11.3 Å². The van der Waals surface area contributed by atoms with Gasteiger partial charge in [-0.05, 0) is 63.8 Å². The first-order chi connectivity index (χ1) is 11.3. The van der Waals surface area contributed by atoms with Crippen LogP contribution in [0.2, 0.25) is 0 Å². The molecule has 0 aliphatic heterocycles. The Kier molecular flexibility index (Phi) is 4.00. The third-order valence-corrected chi connectivity index (χ3v) is 4.52. The van der Waals surface area contributed by atoms with Crippen molar-refractivity contribution >= 4 is 17.0 Å². The van der Waals surface area contributed by atoms with E-state index >= 15 is 0 Å². The number of nitriles is 1. The molecule has 1 heterocycles. The number of hydrogen-bond donors (Lipinski definition) is 1. The van der Waals surface area contributed by atoms with E-state index in [1.807, 2.05) is 39.0 Å². The van der Waals surface area contributed by atoms with E-state index < -0.39 is 5.60 Å². The molecule has 5 heteroatoms. The van der Waals surface area contributed by atoms with Crippen LogP contribution in [0.4, 0.5) is 4.79 Å². The molecule has 0 saturated carbocycles. The molecule has 0 radical (unpaired) electrons. The summed E-state index contributed by atoms with van der Waals surface area (Å²) in [6.07, 6.45) is 2.29. The highest BCUT2D eigenvalue weighted by molar-refractivity contribution is 5.86. The first-order valence-electron chi connectivity index (χ1n) is 8.28. The van der Waals surface area contributed by atoms with E-state index in [-0.39, 0.29) is 12.1 Å². The maximum absolute atomic E-state index is 12.3. The van der Waals surface area contributed by atoms with Crippen molar-refractivity contribution in [3.05, 3.63) is 35.0 Å². The lowest BCUT2D eigenvalue weighted by atomic mass is 9.90. The molecule has 1 amide bonds. The Morgan fingerprint density at radius 2 is 2.17 bits per heavy atom. The molecule has 2 aromatic rings. The number of carbonyl (C=O) groups is 1. The molecule has 3 rings (SSSR count). The summed E-state index contributed by atoms with van der Waals surface area (Å²) in [5.74, 6) is 0. The van der Waals surface area contributed by atoms with E-state index in [1.165, 1.54) is 11.3 Å². The summed E-state index contributed by atoms with van der Waals surface area (Å²) in [6.45, 7) is 5.63. The van der Waals surface area contributed by atoms with Gasteiger partial charge in [0.15, 0.2) is 0 Å². The molecular weight excluding hydrogens is 302 g/mol. The molecule has 1 aromatic heterocycles. The molecule has 1 aliphatic carbocycles. The number of amides is 1. The highest BCUT2D eigenvalue weighted by Crippen LogP contribution is 2.31. The Labute approximate surface area is 142 Å². The number of rotatable bonds is 1. The highest BCUT2D eigenvalue weighted by Gasteiger charge is 2.30. The van der Waals surface area contributed by atoms with Crippen molar-refractivity contribution in [2.24, 2.45) is 0 Å². The Bertz CT molecular complexity index is 823. The largest absolute Gasteiger partial charge is 0.444 e. The van der Waals surface area contributed by atoms with Gasteiger partial charge >= 0.3 is 6.09 Å². The fourth-order valence-corrected chi connectivity index (χ4v) is 3.28. The third kappa shape index (κ3) is 3.09. The molecular formula is C19H23N3O2. The number of carbonyl (C=O) groups excluding carboxylic acids is 1. The number of nitrogens with one attached hydrogen (secondary N) is 1. The van der Waals surface area contributed by atoms with Crippen molar-refractivity contribution in [3.63, 3.8) is 0 Å². The van der Waals surface area contributed by atoms with Gasteiger partial charge in [-0.25, -0.2) is 4.79 Å². The van der Waals surface area contributed by atoms with Gasteiger partial charge in [-0.15, -0.1) is 0 Å². The second-order valence-electron chi connectivity index (χ2n) is 7.44. The summed E-state index contributed by atoms with van der Waals surface area (Å²) in [5, 5.41) is 10.2. The SMILES string of the molecule is CN(C(=O)OC(C)(C)C)C1CCc2[nH]c3ccc(C#N)cc3c2C1. The summed E-state index contributed by atoms with van der Waals surface area (Å²) in [6, 6.07) is 8.02. The van der Waals surface area contributed by atoms with E-state index in [4.69, 9.17) is 10.00 Å². The van der Waals surface area contributed by atoms with Gasteiger partial charge in [-0.1, -0.05) is 0 Å². The second kappa shape index (κ2) is 5.86. The van der Waals surface area contributed by atoms with Gasteiger partial charge in [-0.3, -0.25) is 0 Å². The minimum absolute atomic E-state index is 0.108. The minimum atomic E-state index is -0.492. The monoisotopic (exact) mass is 325 g/mol. The average molecular weight is 325 g/mol. The number of hydrogen-bond acceptors (Lipinski definition) is 3. The molecule has 1 unspecified atom stereocenters. The van der Waals surface area contributed by atoms with E-state index in [0.29, 0.717) is 5.56 Å². The van der Waals surface area contributed by atoms with E-state index in [9.17, 15) is 4.79 Å². The summed E-state index contributed by atoms with van der Waals surface area (Å²) in [7, 11) is 1.80. The quantitative estimate of drug-likeness (QED) is 0.868. The third-order valence-electron chi connectivity index (χ3n) is 4.52. The van der Waals surface area contributed by atoms with Gasteiger partial charge < -0.3 is 14.6 Å². The number of nitrogens with zero attached hydrogens (tertiary/aromatic N) is 2. The first-order valence-corrected chi connectivity index (χ1v) is 8.28. The molecule has 126 valence electrons. The van der Waals surface area contributed by atoms with Crippen LogP contribution in [-0.2, 0) is 17.6 Å². The van der Waals surface area contributed by atoms with Gasteiger partial charge in [0.25, 0.3) is 0 Å². The van der Waals surface area contributed by atoms with Crippen molar-refractivity contribution in [1.29, 1.82) is 5.26 Å². The Balaban J connectivity index is 1.85. The van der Waals surface area contributed by atoms with Crippen LogP contribution in [0.5, 0.6) is 0 Å². The molecule has 1 aliphatic rings. The van der Waals surface area contributed by atoms with Crippen LogP contribution in [0.25, 0.3) is 10.9 Å². The van der Waals surface area contributed by atoms with Gasteiger partial charge in [-0.2, -0.15) is 5.26 Å². The number of likely N-dealkylation sites (N-methyl/N-ethyl adjacent to an activating group) is 1. The van der Waals surface area contributed by atoms with Crippen LogP contribution >= 0.6 is 0 Å². The number of ether oxygens (including phenoxy) is 1. The van der Waals surface area contributed by atoms with Gasteiger partial charge in [0.1, 0.15) is 5.60 Å². The fraction of sp³-hybridized carbons (Fsp3) is 0.474. The van der Waals surface area contributed by atoms with E-state index in [2.05, 4.69) is 11.1 Å². The molecule has 0 saturated heterocycles. The van der Waals surface area contributed by atoms with Crippen LogP contribution in [0.3, 0.4) is 0 Å². The van der Waals surface area contributed by atoms with Gasteiger partial charge in [0.2, 0.25) is 0 Å². The molecule has 1 atom stereocenters. The highest BCUT2D eigenvalue weighted by atomic mass is 16.6. The molecule has 5 nitrogen and oxygen atoms in total.